The molecule has 0 atom stereocenters. The monoisotopic (exact) mass is 419 g/mol. The number of thioether (sulfide) groups is 1. The average Bonchev–Trinajstić information content (AvgIpc) is 3.19. The highest BCUT2D eigenvalue weighted by molar-refractivity contribution is 8.01. The number of hydrogen-bond donors (Lipinski definition) is 1. The Balaban J connectivity index is 1.75. The molecule has 0 fully saturated rings. The Labute approximate surface area is 170 Å². The van der Waals surface area contributed by atoms with Crippen molar-refractivity contribution in [3.05, 3.63) is 64.5 Å². The van der Waals surface area contributed by atoms with E-state index in [9.17, 15) is 4.79 Å². The molecule has 0 bridgehead atoms. The number of benzene rings is 1. The molecule has 0 aliphatic heterocycles. The molecule has 140 valence electrons. The zero-order valence-electron chi connectivity index (χ0n) is 14.9. The van der Waals surface area contributed by atoms with Crippen LogP contribution < -0.4 is 5.32 Å². The minimum atomic E-state index is -0.343. The van der Waals surface area contributed by atoms with Gasteiger partial charge in [0.05, 0.1) is 17.8 Å². The molecule has 1 amide bonds. The molecular weight excluding hydrogens is 402 g/mol. The smallest absolute Gasteiger partial charge is 0.262 e. The van der Waals surface area contributed by atoms with Gasteiger partial charge in [-0.1, -0.05) is 70.6 Å². The molecule has 0 aliphatic rings. The SMILES string of the molecule is C=CCSc1nnc(NC(=O)c2c(C)nn(Cc3ccc(C)cc3)c2Cl)s1. The van der Waals surface area contributed by atoms with Crippen LogP contribution in [0, 0.1) is 13.8 Å². The Kier molecular flexibility index (Phi) is 6.30. The predicted molar refractivity (Wildman–Crippen MR) is 111 cm³/mol. The Morgan fingerprint density at radius 2 is 2.07 bits per heavy atom. The minimum absolute atomic E-state index is 0.302. The van der Waals surface area contributed by atoms with E-state index in [1.54, 1.807) is 17.7 Å². The van der Waals surface area contributed by atoms with Crippen LogP contribution in [0.25, 0.3) is 0 Å². The van der Waals surface area contributed by atoms with Gasteiger partial charge in [0.1, 0.15) is 5.15 Å². The molecule has 0 aliphatic carbocycles. The van der Waals surface area contributed by atoms with Gasteiger partial charge in [0, 0.05) is 5.75 Å². The third-order valence-corrected chi connectivity index (χ3v) is 6.05. The van der Waals surface area contributed by atoms with Gasteiger partial charge in [0.25, 0.3) is 5.91 Å². The lowest BCUT2D eigenvalue weighted by molar-refractivity contribution is 0.102. The second-order valence-corrected chi connectivity index (χ2v) is 8.42. The molecule has 27 heavy (non-hydrogen) atoms. The number of aryl methyl sites for hydroxylation is 2. The van der Waals surface area contributed by atoms with Crippen molar-refractivity contribution in [2.75, 3.05) is 11.1 Å². The first kappa shape index (κ1) is 19.6. The van der Waals surface area contributed by atoms with Crippen LogP contribution in [-0.4, -0.2) is 31.6 Å². The molecule has 9 heteroatoms. The summed E-state index contributed by atoms with van der Waals surface area (Å²) in [6, 6.07) is 8.10. The number of anilines is 1. The van der Waals surface area contributed by atoms with Crippen molar-refractivity contribution >= 4 is 45.7 Å². The van der Waals surface area contributed by atoms with E-state index < -0.39 is 0 Å². The summed E-state index contributed by atoms with van der Waals surface area (Å²) >= 11 is 9.26. The fraction of sp³-hybridized carbons (Fsp3) is 0.222. The van der Waals surface area contributed by atoms with E-state index in [4.69, 9.17) is 11.6 Å². The summed E-state index contributed by atoms with van der Waals surface area (Å²) in [7, 11) is 0. The van der Waals surface area contributed by atoms with E-state index >= 15 is 0 Å². The van der Waals surface area contributed by atoms with Gasteiger partial charge in [-0.3, -0.25) is 10.1 Å². The number of nitrogens with zero attached hydrogens (tertiary/aromatic N) is 4. The summed E-state index contributed by atoms with van der Waals surface area (Å²) in [5.74, 6) is 0.392. The maximum absolute atomic E-state index is 12.7. The first-order chi connectivity index (χ1) is 13.0. The number of carbonyl (C=O) groups is 1. The van der Waals surface area contributed by atoms with Gasteiger partial charge in [-0.2, -0.15) is 5.10 Å². The zero-order valence-corrected chi connectivity index (χ0v) is 17.3. The maximum Gasteiger partial charge on any atom is 0.262 e. The number of rotatable bonds is 7. The second kappa shape index (κ2) is 8.69. The highest BCUT2D eigenvalue weighted by Crippen LogP contribution is 2.27. The van der Waals surface area contributed by atoms with Gasteiger partial charge in [0.15, 0.2) is 4.34 Å². The van der Waals surface area contributed by atoms with Crippen LogP contribution in [0.3, 0.4) is 0 Å². The molecule has 0 unspecified atom stereocenters. The van der Waals surface area contributed by atoms with Crippen LogP contribution >= 0.6 is 34.7 Å². The lowest BCUT2D eigenvalue weighted by Gasteiger charge is -2.05. The number of hydrogen-bond acceptors (Lipinski definition) is 6. The van der Waals surface area contributed by atoms with Crippen LogP contribution in [0.2, 0.25) is 5.15 Å². The van der Waals surface area contributed by atoms with Crippen LogP contribution in [0.5, 0.6) is 0 Å². The molecule has 0 spiro atoms. The Bertz CT molecular complexity index is 965. The fourth-order valence-corrected chi connectivity index (χ4v) is 4.22. The van der Waals surface area contributed by atoms with Crippen LogP contribution in [0.1, 0.15) is 27.2 Å². The molecular formula is C18H18ClN5OS2. The summed E-state index contributed by atoms with van der Waals surface area (Å²) in [4.78, 5) is 12.7. The largest absolute Gasteiger partial charge is 0.296 e. The molecule has 3 aromatic rings. The van der Waals surface area contributed by atoms with Crippen molar-refractivity contribution < 1.29 is 4.79 Å². The fourth-order valence-electron chi connectivity index (χ4n) is 2.39. The van der Waals surface area contributed by atoms with E-state index in [0.717, 1.165) is 15.7 Å². The third-order valence-electron chi connectivity index (χ3n) is 3.70. The van der Waals surface area contributed by atoms with Gasteiger partial charge in [-0.15, -0.1) is 16.8 Å². The highest BCUT2D eigenvalue weighted by atomic mass is 35.5. The summed E-state index contributed by atoms with van der Waals surface area (Å²) in [5, 5.41) is 15.9. The van der Waals surface area contributed by atoms with E-state index in [1.807, 2.05) is 31.2 Å². The van der Waals surface area contributed by atoms with Gasteiger partial charge in [0.2, 0.25) is 5.13 Å². The van der Waals surface area contributed by atoms with Crippen LogP contribution in [0.15, 0.2) is 41.3 Å². The molecule has 2 heterocycles. The summed E-state index contributed by atoms with van der Waals surface area (Å²) in [6.45, 7) is 7.96. The van der Waals surface area contributed by atoms with Crippen molar-refractivity contribution in [3.63, 3.8) is 0 Å². The number of halogens is 1. The van der Waals surface area contributed by atoms with Crippen molar-refractivity contribution in [3.8, 4) is 0 Å². The molecule has 1 aromatic carbocycles. The normalized spacial score (nSPS) is 10.8. The Hall–Kier alpha value is -2.16. The zero-order chi connectivity index (χ0) is 19.4. The van der Waals surface area contributed by atoms with Crippen molar-refractivity contribution in [1.82, 2.24) is 20.0 Å². The number of amides is 1. The van der Waals surface area contributed by atoms with Gasteiger partial charge >= 0.3 is 0 Å². The van der Waals surface area contributed by atoms with Crippen molar-refractivity contribution in [1.29, 1.82) is 0 Å². The number of carbonyl (C=O) groups excluding carboxylic acids is 1. The first-order valence-electron chi connectivity index (χ1n) is 8.15. The molecule has 6 nitrogen and oxygen atoms in total. The number of aromatic nitrogens is 4. The Morgan fingerprint density at radius 3 is 2.78 bits per heavy atom. The van der Waals surface area contributed by atoms with Gasteiger partial charge in [-0.25, -0.2) is 4.68 Å². The maximum atomic E-state index is 12.7. The van der Waals surface area contributed by atoms with Crippen LogP contribution in [0.4, 0.5) is 5.13 Å². The van der Waals surface area contributed by atoms with Crippen LogP contribution in [-0.2, 0) is 6.54 Å². The van der Waals surface area contributed by atoms with E-state index in [1.165, 1.54) is 28.7 Å². The van der Waals surface area contributed by atoms with Crippen molar-refractivity contribution in [2.45, 2.75) is 24.7 Å². The molecule has 2 aromatic heterocycles. The van der Waals surface area contributed by atoms with E-state index in [0.29, 0.717) is 28.1 Å². The topological polar surface area (TPSA) is 72.7 Å². The van der Waals surface area contributed by atoms with E-state index in [-0.39, 0.29) is 5.91 Å². The summed E-state index contributed by atoms with van der Waals surface area (Å²) in [5.41, 5.74) is 3.16. The lowest BCUT2D eigenvalue weighted by Crippen LogP contribution is -2.13. The van der Waals surface area contributed by atoms with Crippen molar-refractivity contribution in [2.24, 2.45) is 0 Å². The lowest BCUT2D eigenvalue weighted by atomic mass is 10.1. The average molecular weight is 420 g/mol. The standard InChI is InChI=1S/C18H18ClN5OS2/c1-4-9-26-18-22-21-17(27-18)20-16(25)14-12(3)23-24(15(14)19)10-13-7-5-11(2)6-8-13/h4-8H,1,9-10H2,2-3H3,(H,20,21,25). The highest BCUT2D eigenvalue weighted by Gasteiger charge is 2.21. The molecule has 0 saturated carbocycles. The summed E-state index contributed by atoms with van der Waals surface area (Å²) < 4.78 is 2.39. The second-order valence-electron chi connectivity index (χ2n) is 5.82. The predicted octanol–water partition coefficient (Wildman–Crippen LogP) is 4.58. The van der Waals surface area contributed by atoms with E-state index in [2.05, 4.69) is 27.2 Å². The van der Waals surface area contributed by atoms with Gasteiger partial charge in [-0.05, 0) is 19.4 Å². The van der Waals surface area contributed by atoms with Gasteiger partial charge < -0.3 is 0 Å². The third kappa shape index (κ3) is 4.77. The molecule has 0 saturated heterocycles. The molecule has 0 radical (unpaired) electrons. The molecule has 1 N–H and O–H groups in total. The Morgan fingerprint density at radius 1 is 1.33 bits per heavy atom. The molecule has 3 rings (SSSR count). The first-order valence-corrected chi connectivity index (χ1v) is 10.3. The number of nitrogens with one attached hydrogen (secondary N) is 1. The quantitative estimate of drug-likeness (QED) is 0.344. The summed E-state index contributed by atoms with van der Waals surface area (Å²) in [6.07, 6.45) is 1.79. The minimum Gasteiger partial charge on any atom is -0.296 e.